The summed E-state index contributed by atoms with van der Waals surface area (Å²) >= 11 is 0. The molecule has 0 saturated carbocycles. The van der Waals surface area contributed by atoms with E-state index in [0.717, 1.165) is 4.90 Å². The lowest BCUT2D eigenvalue weighted by molar-refractivity contribution is -0.153. The fraction of sp³-hybridized carbons (Fsp3) is 0.238. The van der Waals surface area contributed by atoms with Crippen LogP contribution in [0, 0.1) is 5.82 Å². The molecule has 0 atom stereocenters. The molecule has 1 N–H and O–H groups in total. The van der Waals surface area contributed by atoms with Gasteiger partial charge < -0.3 is 19.7 Å². The molecule has 0 radical (unpaired) electrons. The summed E-state index contributed by atoms with van der Waals surface area (Å²) in [4.78, 5) is 48.1. The molecule has 2 rings (SSSR count). The summed E-state index contributed by atoms with van der Waals surface area (Å²) in [7, 11) is 1.38. The highest BCUT2D eigenvalue weighted by molar-refractivity contribution is 5.95. The number of benzene rings is 2. The van der Waals surface area contributed by atoms with Gasteiger partial charge in [0.15, 0.2) is 19.0 Å². The minimum Gasteiger partial charge on any atom is -0.482 e. The van der Waals surface area contributed by atoms with Crippen LogP contribution in [0.5, 0.6) is 5.75 Å². The molecule has 158 valence electrons. The molecule has 0 aliphatic carbocycles. The van der Waals surface area contributed by atoms with Crippen molar-refractivity contribution in [3.8, 4) is 5.75 Å². The molecule has 0 spiro atoms. The molecule has 0 unspecified atom stereocenters. The molecule has 30 heavy (non-hydrogen) atoms. The molecule has 0 aromatic heterocycles. The van der Waals surface area contributed by atoms with Crippen molar-refractivity contribution in [1.82, 2.24) is 4.90 Å². The lowest BCUT2D eigenvalue weighted by Crippen LogP contribution is -2.37. The number of ketones is 1. The topological polar surface area (TPSA) is 102 Å². The number of amides is 2. The first-order chi connectivity index (χ1) is 14.2. The number of nitrogens with one attached hydrogen (secondary N) is 1. The second-order valence-electron chi connectivity index (χ2n) is 6.34. The zero-order valence-corrected chi connectivity index (χ0v) is 16.5. The van der Waals surface area contributed by atoms with Crippen LogP contribution in [0.1, 0.15) is 17.3 Å². The highest BCUT2D eigenvalue weighted by atomic mass is 19.1. The Hall–Kier alpha value is -3.75. The van der Waals surface area contributed by atoms with Crippen molar-refractivity contribution >= 4 is 29.3 Å². The van der Waals surface area contributed by atoms with Gasteiger partial charge >= 0.3 is 5.97 Å². The van der Waals surface area contributed by atoms with Gasteiger partial charge in [-0.25, -0.2) is 9.18 Å². The number of halogens is 1. The Labute approximate surface area is 172 Å². The number of carbonyl (C=O) groups is 4. The number of carbonyl (C=O) groups excluding carboxylic acids is 4. The van der Waals surface area contributed by atoms with Gasteiger partial charge in [-0.15, -0.1) is 0 Å². The van der Waals surface area contributed by atoms with Gasteiger partial charge in [-0.1, -0.05) is 12.1 Å². The van der Waals surface area contributed by atoms with E-state index in [1.54, 1.807) is 18.2 Å². The Bertz CT molecular complexity index is 929. The van der Waals surface area contributed by atoms with Gasteiger partial charge in [-0.05, 0) is 43.3 Å². The normalized spacial score (nSPS) is 10.1. The SMILES string of the molecule is CC(=O)c1cccc(OCC(=O)OCC(=O)N(C)CC(=O)Nc2ccc(F)cc2)c1. The standard InChI is InChI=1S/C21H21FN2O6/c1-14(25)15-4-3-5-18(10-15)29-13-21(28)30-12-20(27)24(2)11-19(26)23-17-8-6-16(22)7-9-17/h3-10H,11-13H2,1-2H3,(H,23,26). The van der Waals surface area contributed by atoms with Gasteiger partial charge in [0.2, 0.25) is 5.91 Å². The summed E-state index contributed by atoms with van der Waals surface area (Å²) in [6.07, 6.45) is 0. The number of ether oxygens (including phenoxy) is 2. The number of likely N-dealkylation sites (N-methyl/N-ethyl adjacent to an activating group) is 1. The number of esters is 1. The van der Waals surface area contributed by atoms with E-state index >= 15 is 0 Å². The lowest BCUT2D eigenvalue weighted by atomic mass is 10.1. The lowest BCUT2D eigenvalue weighted by Gasteiger charge is -2.17. The number of rotatable bonds is 9. The third-order valence-electron chi connectivity index (χ3n) is 3.89. The first kappa shape index (κ1) is 22.5. The van der Waals surface area contributed by atoms with Crippen LogP contribution in [0.3, 0.4) is 0 Å². The maximum absolute atomic E-state index is 12.9. The highest BCUT2D eigenvalue weighted by Gasteiger charge is 2.16. The molecule has 8 nitrogen and oxygen atoms in total. The van der Waals surface area contributed by atoms with Crippen LogP contribution in [-0.2, 0) is 19.1 Å². The molecule has 2 amide bonds. The van der Waals surface area contributed by atoms with E-state index in [4.69, 9.17) is 9.47 Å². The van der Waals surface area contributed by atoms with Gasteiger partial charge in [-0.3, -0.25) is 14.4 Å². The van der Waals surface area contributed by atoms with Gasteiger partial charge in [0.1, 0.15) is 11.6 Å². The summed E-state index contributed by atoms with van der Waals surface area (Å²) in [5.74, 6) is -2.10. The molecular formula is C21H21FN2O6. The Morgan fingerprint density at radius 1 is 1.03 bits per heavy atom. The van der Waals surface area contributed by atoms with E-state index in [-0.39, 0.29) is 12.3 Å². The minimum absolute atomic E-state index is 0.139. The second-order valence-corrected chi connectivity index (χ2v) is 6.34. The Morgan fingerprint density at radius 3 is 2.40 bits per heavy atom. The van der Waals surface area contributed by atoms with Crippen molar-refractivity contribution in [2.75, 3.05) is 32.1 Å². The summed E-state index contributed by atoms with van der Waals surface area (Å²) < 4.78 is 23.0. The van der Waals surface area contributed by atoms with E-state index in [0.29, 0.717) is 17.0 Å². The van der Waals surface area contributed by atoms with Gasteiger partial charge in [0, 0.05) is 18.3 Å². The fourth-order valence-electron chi connectivity index (χ4n) is 2.28. The van der Waals surface area contributed by atoms with Crippen LogP contribution in [-0.4, -0.2) is 55.3 Å². The summed E-state index contributed by atoms with van der Waals surface area (Å²) in [6.45, 7) is 0.136. The van der Waals surface area contributed by atoms with Crippen molar-refractivity contribution in [3.05, 3.63) is 59.9 Å². The quantitative estimate of drug-likeness (QED) is 0.496. The molecule has 9 heteroatoms. The number of anilines is 1. The average Bonchev–Trinajstić information content (AvgIpc) is 2.72. The minimum atomic E-state index is -0.777. The van der Waals surface area contributed by atoms with Crippen LogP contribution in [0.25, 0.3) is 0 Å². The van der Waals surface area contributed by atoms with Crippen molar-refractivity contribution in [2.24, 2.45) is 0 Å². The highest BCUT2D eigenvalue weighted by Crippen LogP contribution is 2.13. The van der Waals surface area contributed by atoms with Crippen LogP contribution < -0.4 is 10.1 Å². The zero-order valence-electron chi connectivity index (χ0n) is 16.5. The smallest absolute Gasteiger partial charge is 0.344 e. The van der Waals surface area contributed by atoms with Crippen LogP contribution >= 0.6 is 0 Å². The zero-order chi connectivity index (χ0) is 22.1. The number of hydrogen-bond acceptors (Lipinski definition) is 6. The molecule has 0 saturated heterocycles. The molecule has 0 aliphatic heterocycles. The first-order valence-corrected chi connectivity index (χ1v) is 8.93. The van der Waals surface area contributed by atoms with Gasteiger partial charge in [0.25, 0.3) is 5.91 Å². The van der Waals surface area contributed by atoms with Crippen molar-refractivity contribution in [2.45, 2.75) is 6.92 Å². The molecular weight excluding hydrogens is 395 g/mol. The van der Waals surface area contributed by atoms with Crippen molar-refractivity contribution in [1.29, 1.82) is 0 Å². The maximum Gasteiger partial charge on any atom is 0.344 e. The van der Waals surface area contributed by atoms with Crippen molar-refractivity contribution < 1.29 is 33.0 Å². The molecule has 2 aromatic carbocycles. The Kier molecular flexibility index (Phi) is 8.04. The second kappa shape index (κ2) is 10.7. The fourth-order valence-corrected chi connectivity index (χ4v) is 2.28. The third kappa shape index (κ3) is 7.34. The largest absolute Gasteiger partial charge is 0.482 e. The molecule has 0 fully saturated rings. The maximum atomic E-state index is 12.9. The predicted octanol–water partition coefficient (Wildman–Crippen LogP) is 2.05. The van der Waals surface area contributed by atoms with E-state index in [9.17, 15) is 23.6 Å². The molecule has 0 aliphatic rings. The molecule has 2 aromatic rings. The van der Waals surface area contributed by atoms with E-state index < -0.39 is 36.8 Å². The summed E-state index contributed by atoms with van der Waals surface area (Å²) in [6, 6.07) is 11.5. The van der Waals surface area contributed by atoms with Crippen LogP contribution in [0.15, 0.2) is 48.5 Å². The monoisotopic (exact) mass is 416 g/mol. The van der Waals surface area contributed by atoms with E-state index in [1.807, 2.05) is 0 Å². The number of hydrogen-bond donors (Lipinski definition) is 1. The van der Waals surface area contributed by atoms with E-state index in [2.05, 4.69) is 5.32 Å². The van der Waals surface area contributed by atoms with E-state index in [1.165, 1.54) is 44.3 Å². The average molecular weight is 416 g/mol. The number of nitrogens with zero attached hydrogens (tertiary/aromatic N) is 1. The van der Waals surface area contributed by atoms with Gasteiger partial charge in [0.05, 0.1) is 6.54 Å². The number of Topliss-reactive ketones (excluding diaryl/α,β-unsaturated/α-hetero) is 1. The molecule has 0 heterocycles. The van der Waals surface area contributed by atoms with Gasteiger partial charge in [-0.2, -0.15) is 0 Å². The Morgan fingerprint density at radius 2 is 1.73 bits per heavy atom. The van der Waals surface area contributed by atoms with Crippen LogP contribution in [0.4, 0.5) is 10.1 Å². The summed E-state index contributed by atoms with van der Waals surface area (Å²) in [5.41, 5.74) is 0.830. The van der Waals surface area contributed by atoms with Crippen molar-refractivity contribution in [3.63, 3.8) is 0 Å². The van der Waals surface area contributed by atoms with Crippen LogP contribution in [0.2, 0.25) is 0 Å². The predicted molar refractivity (Wildman–Crippen MR) is 106 cm³/mol. The Balaban J connectivity index is 1.72. The first-order valence-electron chi connectivity index (χ1n) is 8.93. The summed E-state index contributed by atoms with van der Waals surface area (Å²) in [5, 5.41) is 2.52. The molecule has 0 bridgehead atoms. The third-order valence-corrected chi connectivity index (χ3v) is 3.89.